The summed E-state index contributed by atoms with van der Waals surface area (Å²) in [5.74, 6) is 2.24. The molecule has 1 aliphatic heterocycles. The van der Waals surface area contributed by atoms with Crippen molar-refractivity contribution in [3.63, 3.8) is 0 Å². The van der Waals surface area contributed by atoms with Gasteiger partial charge in [0.05, 0.1) is 12.2 Å². The summed E-state index contributed by atoms with van der Waals surface area (Å²) in [7, 11) is 2.05. The number of hydrogen-bond donors (Lipinski definition) is 1. The van der Waals surface area contributed by atoms with Crippen LogP contribution in [0.5, 0.6) is 0 Å². The smallest absolute Gasteiger partial charge is 0.128 e. The van der Waals surface area contributed by atoms with Crippen molar-refractivity contribution in [1.29, 1.82) is 0 Å². The van der Waals surface area contributed by atoms with Crippen molar-refractivity contribution >= 4 is 0 Å². The fourth-order valence-electron chi connectivity index (χ4n) is 2.80. The van der Waals surface area contributed by atoms with Gasteiger partial charge in [-0.2, -0.15) is 0 Å². The highest BCUT2D eigenvalue weighted by molar-refractivity contribution is 5.24. The Hall–Kier alpha value is -1.62. The lowest BCUT2D eigenvalue weighted by molar-refractivity contribution is 0.497. The topological polar surface area (TPSA) is 47.7 Å². The lowest BCUT2D eigenvalue weighted by Crippen LogP contribution is -2.26. The molecule has 108 valence electrons. The van der Waals surface area contributed by atoms with Gasteiger partial charge in [0.15, 0.2) is 0 Å². The van der Waals surface area contributed by atoms with E-state index in [1.54, 1.807) is 0 Å². The van der Waals surface area contributed by atoms with E-state index in [0.29, 0.717) is 0 Å². The number of aryl methyl sites for hydroxylation is 1. The number of imidazole rings is 2. The van der Waals surface area contributed by atoms with E-state index in [-0.39, 0.29) is 5.41 Å². The fourth-order valence-corrected chi connectivity index (χ4v) is 2.80. The number of nitrogens with zero attached hydrogens (tertiary/aromatic N) is 4. The van der Waals surface area contributed by atoms with Crippen molar-refractivity contribution in [3.05, 3.63) is 35.4 Å². The van der Waals surface area contributed by atoms with Crippen LogP contribution < -0.4 is 5.32 Å². The molecule has 0 saturated carbocycles. The second-order valence-electron chi connectivity index (χ2n) is 6.55. The number of aromatic nitrogens is 4. The van der Waals surface area contributed by atoms with Crippen LogP contribution in [-0.4, -0.2) is 25.6 Å². The Morgan fingerprint density at radius 2 is 2.15 bits per heavy atom. The molecule has 1 aliphatic rings. The first kappa shape index (κ1) is 13.4. The lowest BCUT2D eigenvalue weighted by atomic mass is 9.95. The summed E-state index contributed by atoms with van der Waals surface area (Å²) in [6, 6.07) is 0. The minimum absolute atomic E-state index is 0.0442. The molecule has 0 atom stereocenters. The van der Waals surface area contributed by atoms with Crippen molar-refractivity contribution in [3.8, 4) is 0 Å². The van der Waals surface area contributed by atoms with Gasteiger partial charge in [-0.15, -0.1) is 0 Å². The van der Waals surface area contributed by atoms with Crippen molar-refractivity contribution in [1.82, 2.24) is 24.4 Å². The monoisotopic (exact) mass is 273 g/mol. The van der Waals surface area contributed by atoms with E-state index in [1.165, 1.54) is 11.4 Å². The molecule has 5 nitrogen and oxygen atoms in total. The first-order valence-electron chi connectivity index (χ1n) is 7.22. The van der Waals surface area contributed by atoms with Gasteiger partial charge in [-0.25, -0.2) is 9.97 Å². The zero-order valence-corrected chi connectivity index (χ0v) is 12.8. The third kappa shape index (κ3) is 2.26. The molecule has 0 aliphatic carbocycles. The van der Waals surface area contributed by atoms with E-state index in [9.17, 15) is 0 Å². The van der Waals surface area contributed by atoms with Gasteiger partial charge in [-0.1, -0.05) is 20.8 Å². The van der Waals surface area contributed by atoms with E-state index in [0.717, 1.165) is 37.7 Å². The van der Waals surface area contributed by atoms with E-state index in [2.05, 4.69) is 40.2 Å². The maximum Gasteiger partial charge on any atom is 0.128 e. The molecule has 2 aromatic rings. The molecular formula is C15H23N5. The Labute approximate surface area is 120 Å². The molecule has 0 fully saturated rings. The Bertz CT molecular complexity index is 615. The minimum atomic E-state index is 0.0442. The Morgan fingerprint density at radius 3 is 2.80 bits per heavy atom. The van der Waals surface area contributed by atoms with Gasteiger partial charge in [0.1, 0.15) is 11.6 Å². The van der Waals surface area contributed by atoms with Crippen LogP contribution in [0.15, 0.2) is 12.4 Å². The summed E-state index contributed by atoms with van der Waals surface area (Å²) in [6.07, 6.45) is 4.90. The highest BCUT2D eigenvalue weighted by Crippen LogP contribution is 2.26. The molecule has 3 rings (SSSR count). The Morgan fingerprint density at radius 1 is 1.35 bits per heavy atom. The molecule has 0 radical (unpaired) electrons. The normalized spacial score (nSPS) is 15.4. The molecule has 3 heterocycles. The number of nitrogens with one attached hydrogen (secondary N) is 1. The highest BCUT2D eigenvalue weighted by atomic mass is 15.2. The molecule has 0 saturated heterocycles. The minimum Gasteiger partial charge on any atom is -0.337 e. The summed E-state index contributed by atoms with van der Waals surface area (Å²) in [5.41, 5.74) is 2.62. The summed E-state index contributed by atoms with van der Waals surface area (Å²) in [4.78, 5) is 9.36. The van der Waals surface area contributed by atoms with Gasteiger partial charge in [-0.05, 0) is 0 Å². The van der Waals surface area contributed by atoms with Crippen LogP contribution >= 0.6 is 0 Å². The van der Waals surface area contributed by atoms with Gasteiger partial charge in [0, 0.05) is 50.1 Å². The second-order valence-corrected chi connectivity index (χ2v) is 6.55. The predicted octanol–water partition coefficient (Wildman–Crippen LogP) is 1.61. The molecule has 2 aromatic heterocycles. The van der Waals surface area contributed by atoms with Crippen LogP contribution in [0.25, 0.3) is 0 Å². The summed E-state index contributed by atoms with van der Waals surface area (Å²) in [5, 5.41) is 3.41. The molecule has 1 N–H and O–H groups in total. The van der Waals surface area contributed by atoms with E-state index in [4.69, 9.17) is 4.98 Å². The predicted molar refractivity (Wildman–Crippen MR) is 78.6 cm³/mol. The van der Waals surface area contributed by atoms with Crippen molar-refractivity contribution in [2.24, 2.45) is 7.05 Å². The maximum absolute atomic E-state index is 4.90. The van der Waals surface area contributed by atoms with Crippen molar-refractivity contribution in [2.45, 2.75) is 45.7 Å². The zero-order chi connectivity index (χ0) is 14.3. The van der Waals surface area contributed by atoms with Gasteiger partial charge >= 0.3 is 0 Å². The van der Waals surface area contributed by atoms with Crippen LogP contribution in [0.2, 0.25) is 0 Å². The molecular weight excluding hydrogens is 250 g/mol. The highest BCUT2D eigenvalue weighted by Gasteiger charge is 2.27. The van der Waals surface area contributed by atoms with E-state index >= 15 is 0 Å². The largest absolute Gasteiger partial charge is 0.337 e. The van der Waals surface area contributed by atoms with Gasteiger partial charge < -0.3 is 14.5 Å². The first-order valence-corrected chi connectivity index (χ1v) is 7.22. The summed E-state index contributed by atoms with van der Waals surface area (Å²) < 4.78 is 4.46. The molecule has 5 heteroatoms. The molecule has 20 heavy (non-hydrogen) atoms. The van der Waals surface area contributed by atoms with Gasteiger partial charge in [0.2, 0.25) is 0 Å². The summed E-state index contributed by atoms with van der Waals surface area (Å²) >= 11 is 0. The van der Waals surface area contributed by atoms with Gasteiger partial charge in [0.25, 0.3) is 0 Å². The summed E-state index contributed by atoms with van der Waals surface area (Å²) in [6.45, 7) is 9.39. The third-order valence-electron chi connectivity index (χ3n) is 3.88. The van der Waals surface area contributed by atoms with E-state index in [1.807, 2.05) is 19.4 Å². The van der Waals surface area contributed by atoms with Gasteiger partial charge in [-0.3, -0.25) is 0 Å². The average molecular weight is 273 g/mol. The van der Waals surface area contributed by atoms with Crippen LogP contribution in [0.4, 0.5) is 0 Å². The van der Waals surface area contributed by atoms with Crippen LogP contribution in [0, 0.1) is 0 Å². The van der Waals surface area contributed by atoms with Crippen LogP contribution in [0.3, 0.4) is 0 Å². The number of hydrogen-bond acceptors (Lipinski definition) is 3. The average Bonchev–Trinajstić information content (AvgIpc) is 2.95. The second kappa shape index (κ2) is 4.74. The number of fused-ring (bicyclic) bond motifs is 1. The third-order valence-corrected chi connectivity index (χ3v) is 3.88. The SMILES string of the molecule is Cn1ccnc1Cn1c(C(C)(C)C)nc2c1CCNC2. The van der Waals surface area contributed by atoms with Crippen molar-refractivity contribution in [2.75, 3.05) is 6.54 Å². The molecule has 0 amide bonds. The Kier molecular flexibility index (Phi) is 3.17. The standard InChI is InChI=1S/C15H23N5/c1-15(2,3)14-18-11-9-16-6-5-12(11)20(14)10-13-17-7-8-19(13)4/h7-8,16H,5-6,9-10H2,1-4H3. The molecule has 0 bridgehead atoms. The van der Waals surface area contributed by atoms with Crippen molar-refractivity contribution < 1.29 is 0 Å². The molecule has 0 unspecified atom stereocenters. The lowest BCUT2D eigenvalue weighted by Gasteiger charge is -2.21. The zero-order valence-electron chi connectivity index (χ0n) is 12.8. The van der Waals surface area contributed by atoms with E-state index < -0.39 is 0 Å². The maximum atomic E-state index is 4.90. The number of rotatable bonds is 2. The quantitative estimate of drug-likeness (QED) is 0.904. The molecule has 0 aromatic carbocycles. The Balaban J connectivity index is 2.07. The molecule has 0 spiro atoms. The van der Waals surface area contributed by atoms with Crippen LogP contribution in [-0.2, 0) is 32.0 Å². The van der Waals surface area contributed by atoms with Crippen LogP contribution in [0.1, 0.15) is 43.8 Å². The fraction of sp³-hybridized carbons (Fsp3) is 0.600. The first-order chi connectivity index (χ1) is 9.47.